The van der Waals surface area contributed by atoms with E-state index in [1.54, 1.807) is 0 Å². The van der Waals surface area contributed by atoms with Crippen molar-refractivity contribution in [2.45, 2.75) is 71.5 Å². The zero-order valence-corrected chi connectivity index (χ0v) is 36.5. The molecule has 9 aromatic rings. The number of benzene rings is 6. The van der Waals surface area contributed by atoms with E-state index < -0.39 is 0 Å². The smallest absolute Gasteiger partial charge is 0.383 e. The molecular formula is C53H45N5Pt. The second kappa shape index (κ2) is 13.9. The molecule has 0 amide bonds. The molecule has 5 heterocycles. The number of aromatic nitrogens is 3. The van der Waals surface area contributed by atoms with Crippen LogP contribution in [0.15, 0.2) is 139 Å². The Hall–Kier alpha value is -5.77. The Labute approximate surface area is 360 Å². The van der Waals surface area contributed by atoms with Crippen molar-refractivity contribution in [2.75, 3.05) is 0 Å². The van der Waals surface area contributed by atoms with Gasteiger partial charge >= 0.3 is 21.1 Å². The first-order chi connectivity index (χ1) is 28.1. The van der Waals surface area contributed by atoms with E-state index in [9.17, 15) is 0 Å². The van der Waals surface area contributed by atoms with Crippen molar-refractivity contribution >= 4 is 49.6 Å². The van der Waals surface area contributed by atoms with Crippen molar-refractivity contribution in [3.05, 3.63) is 185 Å². The van der Waals surface area contributed by atoms with Crippen LogP contribution in [0.3, 0.4) is 0 Å². The maximum Gasteiger partial charge on any atom is 2.00 e. The average molecular weight is 947 g/mol. The molecule has 59 heavy (non-hydrogen) atoms. The minimum atomic E-state index is -0.00850. The summed E-state index contributed by atoms with van der Waals surface area (Å²) in [5, 5.41) is 4.71. The van der Waals surface area contributed by atoms with Gasteiger partial charge in [-0.3, -0.25) is 0 Å². The molecule has 2 aliphatic heterocycles. The molecule has 0 fully saturated rings. The monoisotopic (exact) mass is 946 g/mol. The summed E-state index contributed by atoms with van der Waals surface area (Å²) in [6.07, 6.45) is 1.89. The van der Waals surface area contributed by atoms with Crippen molar-refractivity contribution in [1.29, 1.82) is 0 Å². The van der Waals surface area contributed by atoms with Gasteiger partial charge in [-0.25, -0.2) is 4.98 Å². The Morgan fingerprint density at radius 3 is 2.27 bits per heavy atom. The van der Waals surface area contributed by atoms with E-state index >= 15 is 0 Å². The maximum absolute atomic E-state index is 5.58. The van der Waals surface area contributed by atoms with Crippen molar-refractivity contribution in [2.24, 2.45) is 4.99 Å². The summed E-state index contributed by atoms with van der Waals surface area (Å²) in [7, 11) is 0. The normalized spacial score (nSPS) is 16.3. The van der Waals surface area contributed by atoms with Crippen LogP contribution >= 0.6 is 0 Å². The SMILES string of the molecule is Cc1ccc2c(c1)c1ccc(-n3c4ccc(C(C)(C)C)cc4c4cccnc43)[c-]c1n2-c1[c-]c(C2=N[C@H](c3ccccc3)[C@@H]3c4ccccc4CN23)cc(C(C)C)c1.[Pt+2]. The molecule has 6 heteroatoms. The second-order valence-corrected chi connectivity index (χ2v) is 17.6. The van der Waals surface area contributed by atoms with E-state index in [1.807, 2.05) is 12.3 Å². The van der Waals surface area contributed by atoms with E-state index in [0.29, 0.717) is 5.92 Å². The van der Waals surface area contributed by atoms with Crippen LogP contribution in [0.25, 0.3) is 55.1 Å². The van der Waals surface area contributed by atoms with Gasteiger partial charge in [0.2, 0.25) is 0 Å². The number of aryl methyl sites for hydroxylation is 1. The number of amidine groups is 1. The van der Waals surface area contributed by atoms with Crippen LogP contribution in [0.2, 0.25) is 0 Å². The zero-order chi connectivity index (χ0) is 39.4. The van der Waals surface area contributed by atoms with Crippen LogP contribution in [-0.2, 0) is 33.0 Å². The number of fused-ring (bicyclic) bond motifs is 9. The summed E-state index contributed by atoms with van der Waals surface area (Å²) in [6.45, 7) is 14.4. The fraction of sp³-hybridized carbons (Fsp3) is 0.208. The summed E-state index contributed by atoms with van der Waals surface area (Å²) >= 11 is 0. The summed E-state index contributed by atoms with van der Waals surface area (Å²) < 4.78 is 4.66. The van der Waals surface area contributed by atoms with E-state index in [0.717, 1.165) is 62.3 Å². The Morgan fingerprint density at radius 1 is 0.695 bits per heavy atom. The molecule has 0 bridgehead atoms. The molecule has 2 aliphatic rings. The van der Waals surface area contributed by atoms with Gasteiger partial charge in [0.1, 0.15) is 5.65 Å². The molecule has 3 aromatic heterocycles. The molecule has 0 saturated carbocycles. The van der Waals surface area contributed by atoms with Crippen LogP contribution in [0.1, 0.15) is 91.6 Å². The quantitative estimate of drug-likeness (QED) is 0.161. The van der Waals surface area contributed by atoms with Crippen LogP contribution < -0.4 is 0 Å². The maximum atomic E-state index is 5.58. The molecule has 0 spiro atoms. The summed E-state index contributed by atoms with van der Waals surface area (Å²) in [5.74, 6) is 1.30. The van der Waals surface area contributed by atoms with Crippen molar-refractivity contribution in [3.63, 3.8) is 0 Å². The fourth-order valence-electron chi connectivity index (χ4n) is 9.51. The molecular weight excluding hydrogens is 902 g/mol. The minimum Gasteiger partial charge on any atom is -0.383 e. The van der Waals surface area contributed by atoms with Gasteiger partial charge in [-0.2, -0.15) is 6.07 Å². The van der Waals surface area contributed by atoms with E-state index in [2.05, 4.69) is 189 Å². The third-order valence-electron chi connectivity index (χ3n) is 12.5. The van der Waals surface area contributed by atoms with E-state index in [4.69, 9.17) is 9.98 Å². The fourth-order valence-corrected chi connectivity index (χ4v) is 9.51. The predicted octanol–water partition coefficient (Wildman–Crippen LogP) is 12.7. The number of pyridine rings is 1. The largest absolute Gasteiger partial charge is 2.00 e. The topological polar surface area (TPSA) is 38.4 Å². The Balaban J connectivity index is 0.00000420. The van der Waals surface area contributed by atoms with Gasteiger partial charge in [0.15, 0.2) is 0 Å². The molecule has 292 valence electrons. The summed E-state index contributed by atoms with van der Waals surface area (Å²) in [5.41, 5.74) is 15.0. The Kier molecular flexibility index (Phi) is 8.85. The third kappa shape index (κ3) is 5.92. The van der Waals surface area contributed by atoms with Gasteiger partial charge in [-0.05, 0) is 81.9 Å². The molecule has 0 N–H and O–H groups in total. The van der Waals surface area contributed by atoms with Crippen LogP contribution in [-0.4, -0.2) is 24.9 Å². The number of nitrogens with zero attached hydrogens (tertiary/aromatic N) is 5. The van der Waals surface area contributed by atoms with E-state index in [-0.39, 0.29) is 38.6 Å². The average Bonchev–Trinajstić information content (AvgIpc) is 3.97. The van der Waals surface area contributed by atoms with Crippen LogP contribution in [0, 0.1) is 19.1 Å². The minimum absolute atomic E-state index is 0. The number of hydrogen-bond acceptors (Lipinski definition) is 3. The number of aliphatic imine (C=N–C) groups is 1. The van der Waals surface area contributed by atoms with Gasteiger partial charge in [0.05, 0.1) is 17.6 Å². The standard InChI is InChI=1S/C53H45N5.Pt/c1-32(2)36-26-37(51-55-49(34-13-8-7-9-14-34)50-41-16-11-10-15-35(41)31-56(50)51)28-40(27-36)57-46-22-18-33(3)25-44(46)42-21-20-39(30-48(42)57)58-47-23-19-38(53(4,5)6)29-45(47)43-17-12-24-54-52(43)58;/h7-27,29,32,49-50H,31H2,1-6H3;/q-2;+2/t49-,50+;/m1./s1. The van der Waals surface area contributed by atoms with E-state index in [1.165, 1.54) is 44.2 Å². The first-order valence-corrected chi connectivity index (χ1v) is 20.5. The molecule has 0 saturated heterocycles. The second-order valence-electron chi connectivity index (χ2n) is 17.6. The van der Waals surface area contributed by atoms with Crippen LogP contribution in [0.5, 0.6) is 0 Å². The third-order valence-corrected chi connectivity index (χ3v) is 12.5. The number of hydrogen-bond donors (Lipinski definition) is 0. The van der Waals surface area contributed by atoms with Gasteiger partial charge < -0.3 is 19.0 Å². The van der Waals surface area contributed by atoms with Gasteiger partial charge in [0, 0.05) is 34.9 Å². The molecule has 11 rings (SSSR count). The molecule has 6 aromatic carbocycles. The molecule has 0 unspecified atom stereocenters. The first-order valence-electron chi connectivity index (χ1n) is 20.5. The van der Waals surface area contributed by atoms with Gasteiger partial charge in [-0.15, -0.1) is 46.8 Å². The molecule has 0 aliphatic carbocycles. The zero-order valence-electron chi connectivity index (χ0n) is 34.2. The van der Waals surface area contributed by atoms with Crippen molar-refractivity contribution < 1.29 is 21.1 Å². The Bertz CT molecular complexity index is 3140. The van der Waals surface area contributed by atoms with Crippen molar-refractivity contribution in [3.8, 4) is 11.4 Å². The first kappa shape index (κ1) is 37.5. The molecule has 2 atom stereocenters. The predicted molar refractivity (Wildman–Crippen MR) is 239 cm³/mol. The molecule has 5 nitrogen and oxygen atoms in total. The van der Waals surface area contributed by atoms with Gasteiger partial charge in [0.25, 0.3) is 0 Å². The summed E-state index contributed by atoms with van der Waals surface area (Å²) in [4.78, 5) is 13.1. The molecule has 0 radical (unpaired) electrons. The van der Waals surface area contributed by atoms with Crippen molar-refractivity contribution in [1.82, 2.24) is 19.0 Å². The van der Waals surface area contributed by atoms with Gasteiger partial charge in [-0.1, -0.05) is 124 Å². The van der Waals surface area contributed by atoms with Crippen LogP contribution in [0.4, 0.5) is 0 Å². The summed E-state index contributed by atoms with van der Waals surface area (Å²) in [6, 6.07) is 54.8. The number of rotatable bonds is 5. The Morgan fingerprint density at radius 2 is 1.46 bits per heavy atom.